The van der Waals surface area contributed by atoms with Gasteiger partial charge < -0.3 is 19.3 Å². The molecule has 152 valence electrons. The van der Waals surface area contributed by atoms with Crippen molar-refractivity contribution in [1.29, 1.82) is 0 Å². The van der Waals surface area contributed by atoms with Crippen LogP contribution in [0.4, 0.5) is 13.2 Å². The van der Waals surface area contributed by atoms with E-state index >= 15 is 0 Å². The molecule has 0 unspecified atom stereocenters. The molecule has 3 rings (SSSR count). The van der Waals surface area contributed by atoms with E-state index in [1.54, 1.807) is 0 Å². The lowest BCUT2D eigenvalue weighted by Crippen LogP contribution is -2.31. The van der Waals surface area contributed by atoms with Crippen molar-refractivity contribution in [1.82, 2.24) is 0 Å². The summed E-state index contributed by atoms with van der Waals surface area (Å²) in [4.78, 5) is 0. The van der Waals surface area contributed by atoms with E-state index in [0.29, 0.717) is 0 Å². The van der Waals surface area contributed by atoms with Crippen LogP contribution in [0.1, 0.15) is 16.7 Å². The van der Waals surface area contributed by atoms with Gasteiger partial charge in [-0.3, -0.25) is 0 Å². The first-order valence-electron chi connectivity index (χ1n) is 8.59. The molecule has 0 aromatic heterocycles. The van der Waals surface area contributed by atoms with Gasteiger partial charge >= 0.3 is 0 Å². The second-order valence-corrected chi connectivity index (χ2v) is 6.24. The predicted molar refractivity (Wildman–Crippen MR) is 101 cm³/mol. The normalized spacial score (nSPS) is 11.3. The molecule has 0 saturated carbocycles. The van der Waals surface area contributed by atoms with Crippen molar-refractivity contribution in [3.05, 3.63) is 88.7 Å². The Kier molecular flexibility index (Phi) is 5.70. The van der Waals surface area contributed by atoms with Crippen LogP contribution in [0.5, 0.6) is 17.2 Å². The zero-order chi connectivity index (χ0) is 21.2. The van der Waals surface area contributed by atoms with Gasteiger partial charge in [0.15, 0.2) is 5.60 Å². The molecule has 0 aliphatic rings. The van der Waals surface area contributed by atoms with E-state index in [4.69, 9.17) is 14.2 Å². The first kappa shape index (κ1) is 20.5. The minimum atomic E-state index is -2.27. The molecule has 0 amide bonds. The van der Waals surface area contributed by atoms with Crippen molar-refractivity contribution in [2.75, 3.05) is 21.3 Å². The standard InChI is InChI=1S/C22H19F3O4/c1-27-19-7-4-13(23)10-16(19)22(26,17-11-14(24)5-8-20(17)28-2)18-12-15(25)6-9-21(18)29-3/h4-12,26H,1-3H3. The van der Waals surface area contributed by atoms with E-state index < -0.39 is 23.1 Å². The molecule has 0 saturated heterocycles. The Morgan fingerprint density at radius 3 is 1.10 bits per heavy atom. The largest absolute Gasteiger partial charge is 0.496 e. The van der Waals surface area contributed by atoms with Crippen LogP contribution in [-0.2, 0) is 5.60 Å². The number of methoxy groups -OCH3 is 3. The van der Waals surface area contributed by atoms with E-state index in [-0.39, 0.29) is 33.9 Å². The summed E-state index contributed by atoms with van der Waals surface area (Å²) in [5.41, 5.74) is -2.50. The van der Waals surface area contributed by atoms with Gasteiger partial charge in [0.05, 0.1) is 21.3 Å². The number of ether oxygens (including phenoxy) is 3. The fraction of sp³-hybridized carbons (Fsp3) is 0.182. The Morgan fingerprint density at radius 1 is 0.586 bits per heavy atom. The Morgan fingerprint density at radius 2 is 0.862 bits per heavy atom. The summed E-state index contributed by atoms with van der Waals surface area (Å²) in [5, 5.41) is 12.0. The molecule has 0 heterocycles. The van der Waals surface area contributed by atoms with Gasteiger partial charge in [-0.05, 0) is 54.6 Å². The maximum absolute atomic E-state index is 14.2. The highest BCUT2D eigenvalue weighted by Crippen LogP contribution is 2.47. The highest BCUT2D eigenvalue weighted by molar-refractivity contribution is 5.59. The second kappa shape index (κ2) is 8.05. The van der Waals surface area contributed by atoms with Gasteiger partial charge in [0, 0.05) is 16.7 Å². The summed E-state index contributed by atoms with van der Waals surface area (Å²) >= 11 is 0. The quantitative estimate of drug-likeness (QED) is 0.618. The summed E-state index contributed by atoms with van der Waals surface area (Å²) in [6.45, 7) is 0. The SMILES string of the molecule is COc1ccc(F)cc1C(O)(c1cc(F)ccc1OC)c1cc(F)ccc1OC. The van der Waals surface area contributed by atoms with E-state index in [9.17, 15) is 18.3 Å². The lowest BCUT2D eigenvalue weighted by molar-refractivity contribution is 0.114. The van der Waals surface area contributed by atoms with Crippen molar-refractivity contribution in [3.8, 4) is 17.2 Å². The molecule has 0 spiro atoms. The van der Waals surface area contributed by atoms with Crippen molar-refractivity contribution in [2.24, 2.45) is 0 Å². The summed E-state index contributed by atoms with van der Waals surface area (Å²) in [7, 11) is 4.01. The van der Waals surface area contributed by atoms with Gasteiger partial charge in [-0.1, -0.05) is 0 Å². The minimum absolute atomic E-state index is 0.0761. The molecule has 4 nitrogen and oxygen atoms in total. The van der Waals surface area contributed by atoms with Crippen molar-refractivity contribution in [2.45, 2.75) is 5.60 Å². The lowest BCUT2D eigenvalue weighted by Gasteiger charge is -2.33. The van der Waals surface area contributed by atoms with Crippen molar-refractivity contribution >= 4 is 0 Å². The third-order valence-corrected chi connectivity index (χ3v) is 4.65. The van der Waals surface area contributed by atoms with Gasteiger partial charge in [0.1, 0.15) is 34.7 Å². The van der Waals surface area contributed by atoms with Crippen LogP contribution >= 0.6 is 0 Å². The van der Waals surface area contributed by atoms with Crippen molar-refractivity contribution in [3.63, 3.8) is 0 Å². The van der Waals surface area contributed by atoms with Crippen LogP contribution in [0.15, 0.2) is 54.6 Å². The maximum Gasteiger partial charge on any atom is 0.151 e. The Hall–Kier alpha value is -3.19. The van der Waals surface area contributed by atoms with Crippen LogP contribution in [0, 0.1) is 17.5 Å². The van der Waals surface area contributed by atoms with E-state index in [0.717, 1.165) is 36.4 Å². The summed E-state index contributed by atoms with van der Waals surface area (Å²) in [6.07, 6.45) is 0. The molecule has 3 aromatic carbocycles. The van der Waals surface area contributed by atoms with Gasteiger partial charge in [-0.2, -0.15) is 0 Å². The van der Waals surface area contributed by atoms with Crippen LogP contribution in [0.2, 0.25) is 0 Å². The van der Waals surface area contributed by atoms with Crippen LogP contribution in [0.25, 0.3) is 0 Å². The molecule has 0 atom stereocenters. The second-order valence-electron chi connectivity index (χ2n) is 6.24. The maximum atomic E-state index is 14.2. The zero-order valence-electron chi connectivity index (χ0n) is 16.0. The predicted octanol–water partition coefficient (Wildman–Crippen LogP) is 4.41. The summed E-state index contributed by atoms with van der Waals surface area (Å²) < 4.78 is 58.5. The van der Waals surface area contributed by atoms with Gasteiger partial charge in [-0.25, -0.2) is 13.2 Å². The molecular weight excluding hydrogens is 385 g/mol. The number of benzene rings is 3. The Bertz CT molecular complexity index is 907. The fourth-order valence-electron chi connectivity index (χ4n) is 3.32. The Balaban J connectivity index is 2.49. The van der Waals surface area contributed by atoms with E-state index in [2.05, 4.69) is 0 Å². The number of hydrogen-bond acceptors (Lipinski definition) is 4. The van der Waals surface area contributed by atoms with Crippen molar-refractivity contribution < 1.29 is 32.5 Å². The van der Waals surface area contributed by atoms with Crippen LogP contribution in [-0.4, -0.2) is 26.4 Å². The molecule has 29 heavy (non-hydrogen) atoms. The van der Waals surface area contributed by atoms with E-state index in [1.165, 1.54) is 39.5 Å². The first-order valence-corrected chi connectivity index (χ1v) is 8.59. The lowest BCUT2D eigenvalue weighted by atomic mass is 9.78. The fourth-order valence-corrected chi connectivity index (χ4v) is 3.32. The molecular formula is C22H19F3O4. The molecule has 0 fully saturated rings. The minimum Gasteiger partial charge on any atom is -0.496 e. The topological polar surface area (TPSA) is 47.9 Å². The average molecular weight is 404 g/mol. The summed E-state index contributed by atoms with van der Waals surface area (Å²) in [6, 6.07) is 10.5. The van der Waals surface area contributed by atoms with Crippen LogP contribution < -0.4 is 14.2 Å². The molecule has 0 aliphatic carbocycles. The third-order valence-electron chi connectivity index (χ3n) is 4.65. The number of halogens is 3. The van der Waals surface area contributed by atoms with Gasteiger partial charge in [-0.15, -0.1) is 0 Å². The Labute approximate surface area is 166 Å². The van der Waals surface area contributed by atoms with Gasteiger partial charge in [0.2, 0.25) is 0 Å². The number of rotatable bonds is 6. The summed E-state index contributed by atoms with van der Waals surface area (Å²) in [5.74, 6) is -1.72. The highest BCUT2D eigenvalue weighted by atomic mass is 19.1. The molecule has 3 aromatic rings. The smallest absolute Gasteiger partial charge is 0.151 e. The molecule has 0 bridgehead atoms. The third kappa shape index (κ3) is 3.61. The molecule has 0 radical (unpaired) electrons. The zero-order valence-corrected chi connectivity index (χ0v) is 16.0. The number of hydrogen-bond donors (Lipinski definition) is 1. The molecule has 1 N–H and O–H groups in total. The molecule has 0 aliphatic heterocycles. The monoisotopic (exact) mass is 404 g/mol. The molecule has 7 heteroatoms. The van der Waals surface area contributed by atoms with Crippen LogP contribution in [0.3, 0.4) is 0 Å². The number of aliphatic hydroxyl groups is 1. The highest BCUT2D eigenvalue weighted by Gasteiger charge is 2.42. The van der Waals surface area contributed by atoms with E-state index in [1.807, 2.05) is 0 Å². The first-order chi connectivity index (χ1) is 13.8. The average Bonchev–Trinajstić information content (AvgIpc) is 2.73. The van der Waals surface area contributed by atoms with Gasteiger partial charge in [0.25, 0.3) is 0 Å².